The highest BCUT2D eigenvalue weighted by atomic mass is 35.5. The molecule has 2 aliphatic rings. The van der Waals surface area contributed by atoms with Crippen LogP contribution in [0.3, 0.4) is 0 Å². The average Bonchev–Trinajstić information content (AvgIpc) is 2.60. The number of benzene rings is 1. The van der Waals surface area contributed by atoms with Crippen molar-refractivity contribution in [1.29, 1.82) is 0 Å². The van der Waals surface area contributed by atoms with Crippen molar-refractivity contribution in [3.8, 4) is 5.75 Å². The molecule has 0 aromatic heterocycles. The molecule has 1 aliphatic heterocycles. The Morgan fingerprint density at radius 2 is 2.07 bits per heavy atom. The van der Waals surface area contributed by atoms with Crippen molar-refractivity contribution < 1.29 is 23.8 Å². The molecule has 0 N–H and O–H groups in total. The first-order chi connectivity index (χ1) is 12.5. The predicted octanol–water partition coefficient (Wildman–Crippen LogP) is 2.79. The fraction of sp³-hybridized carbons (Fsp3) is 0.500. The maximum absolute atomic E-state index is 12.3. The molecule has 0 amide bonds. The molecule has 1 aliphatic carbocycles. The highest BCUT2D eigenvalue weighted by Gasteiger charge is 2.38. The lowest BCUT2D eigenvalue weighted by molar-refractivity contribution is -0.164. The predicted molar refractivity (Wildman–Crippen MR) is 105 cm³/mol. The maximum Gasteiger partial charge on any atom is 0.314 e. The number of hydrogen-bond donors (Lipinski definition) is 0. The van der Waals surface area contributed by atoms with Crippen LogP contribution in [0.2, 0.25) is 0 Å². The van der Waals surface area contributed by atoms with Crippen LogP contribution >= 0.6 is 12.4 Å². The van der Waals surface area contributed by atoms with E-state index in [1.807, 2.05) is 18.2 Å². The van der Waals surface area contributed by atoms with Gasteiger partial charge in [0.15, 0.2) is 0 Å². The molecule has 0 spiro atoms. The lowest BCUT2D eigenvalue weighted by Gasteiger charge is -2.38. The van der Waals surface area contributed by atoms with E-state index < -0.39 is 12.0 Å². The topological polar surface area (TPSA) is 65.1 Å². The van der Waals surface area contributed by atoms with Gasteiger partial charge >= 0.3 is 11.9 Å². The number of hydrogen-bond acceptors (Lipinski definition) is 6. The molecule has 0 bridgehead atoms. The minimum absolute atomic E-state index is 0. The number of halogens is 1. The SMILES string of the molecule is CCOC(=O)[C@@H]1CN(CC2=Cc3ccc(OC)cc32)CC[C@@H]1OC(C)=O.Cl. The van der Waals surface area contributed by atoms with E-state index in [0.29, 0.717) is 19.6 Å². The van der Waals surface area contributed by atoms with Gasteiger partial charge in [-0.25, -0.2) is 0 Å². The molecule has 3 rings (SSSR count). The summed E-state index contributed by atoms with van der Waals surface area (Å²) in [4.78, 5) is 25.9. The van der Waals surface area contributed by atoms with Crippen LogP contribution in [-0.4, -0.2) is 56.3 Å². The van der Waals surface area contributed by atoms with Crippen LogP contribution in [-0.2, 0) is 19.1 Å². The zero-order valence-electron chi connectivity index (χ0n) is 15.9. The third-order valence-electron chi connectivity index (χ3n) is 4.87. The number of rotatable bonds is 6. The van der Waals surface area contributed by atoms with Crippen LogP contribution in [0.4, 0.5) is 0 Å². The third-order valence-corrected chi connectivity index (χ3v) is 4.87. The highest BCUT2D eigenvalue weighted by Crippen LogP contribution is 2.36. The Labute approximate surface area is 165 Å². The first-order valence-corrected chi connectivity index (χ1v) is 8.97. The second-order valence-electron chi connectivity index (χ2n) is 6.65. The summed E-state index contributed by atoms with van der Waals surface area (Å²) >= 11 is 0. The van der Waals surface area contributed by atoms with Gasteiger partial charge in [0.2, 0.25) is 0 Å². The van der Waals surface area contributed by atoms with Gasteiger partial charge in [0, 0.05) is 26.6 Å². The normalized spacial score (nSPS) is 21.1. The van der Waals surface area contributed by atoms with Gasteiger partial charge < -0.3 is 14.2 Å². The van der Waals surface area contributed by atoms with E-state index in [1.54, 1.807) is 14.0 Å². The Kier molecular flexibility index (Phi) is 7.27. The molecule has 1 saturated heterocycles. The first kappa shape index (κ1) is 21.3. The van der Waals surface area contributed by atoms with Gasteiger partial charge in [-0.1, -0.05) is 6.07 Å². The number of methoxy groups -OCH3 is 1. The summed E-state index contributed by atoms with van der Waals surface area (Å²) in [6.45, 7) is 5.52. The van der Waals surface area contributed by atoms with E-state index in [2.05, 4.69) is 11.0 Å². The van der Waals surface area contributed by atoms with Gasteiger partial charge in [0.05, 0.1) is 13.7 Å². The molecule has 27 heavy (non-hydrogen) atoms. The minimum atomic E-state index is -0.446. The molecule has 7 heteroatoms. The van der Waals surface area contributed by atoms with E-state index in [-0.39, 0.29) is 24.3 Å². The summed E-state index contributed by atoms with van der Waals surface area (Å²) in [6, 6.07) is 6.04. The quantitative estimate of drug-likeness (QED) is 0.690. The Hall–Kier alpha value is -2.05. The van der Waals surface area contributed by atoms with Gasteiger partial charge in [-0.15, -0.1) is 12.4 Å². The van der Waals surface area contributed by atoms with E-state index in [1.165, 1.54) is 23.6 Å². The Morgan fingerprint density at radius 1 is 1.30 bits per heavy atom. The summed E-state index contributed by atoms with van der Waals surface area (Å²) in [5, 5.41) is 0. The number of likely N-dealkylation sites (tertiary alicyclic amines) is 1. The number of carbonyl (C=O) groups excluding carboxylic acids is 2. The van der Waals surface area contributed by atoms with Crippen LogP contribution in [0.5, 0.6) is 5.75 Å². The van der Waals surface area contributed by atoms with Gasteiger partial charge in [0.25, 0.3) is 0 Å². The molecule has 0 saturated carbocycles. The Morgan fingerprint density at radius 3 is 2.74 bits per heavy atom. The van der Waals surface area contributed by atoms with Crippen molar-refractivity contribution in [3.63, 3.8) is 0 Å². The lowest BCUT2D eigenvalue weighted by atomic mass is 9.87. The summed E-state index contributed by atoms with van der Waals surface area (Å²) in [7, 11) is 1.66. The molecular weight excluding hydrogens is 370 g/mol. The molecule has 2 atom stereocenters. The van der Waals surface area contributed by atoms with Crippen LogP contribution in [0.15, 0.2) is 18.2 Å². The fourth-order valence-corrected chi connectivity index (χ4v) is 3.60. The molecule has 0 radical (unpaired) electrons. The molecule has 6 nitrogen and oxygen atoms in total. The second-order valence-corrected chi connectivity index (χ2v) is 6.65. The standard InChI is InChI=1S/C20H25NO5.ClH/c1-4-25-20(23)18-12-21(8-7-19(18)26-13(2)22)11-15-9-14-5-6-16(24-3)10-17(14)15;/h5-6,9-10,18-19H,4,7-8,11-12H2,1-3H3;1H/t18-,19+;/m1./s1. The van der Waals surface area contributed by atoms with Crippen molar-refractivity contribution in [2.45, 2.75) is 26.4 Å². The van der Waals surface area contributed by atoms with Crippen molar-refractivity contribution in [1.82, 2.24) is 4.90 Å². The van der Waals surface area contributed by atoms with E-state index >= 15 is 0 Å². The van der Waals surface area contributed by atoms with Crippen molar-refractivity contribution >= 4 is 36.0 Å². The Bertz CT molecular complexity index is 733. The molecule has 1 heterocycles. The number of fused-ring (bicyclic) bond motifs is 1. The van der Waals surface area contributed by atoms with Crippen LogP contribution in [0.1, 0.15) is 31.4 Å². The summed E-state index contributed by atoms with van der Waals surface area (Å²) in [5.74, 6) is -0.265. The number of nitrogens with zero attached hydrogens (tertiary/aromatic N) is 1. The van der Waals surface area contributed by atoms with Crippen molar-refractivity contribution in [2.75, 3.05) is 33.4 Å². The van der Waals surface area contributed by atoms with Gasteiger partial charge in [0.1, 0.15) is 17.8 Å². The monoisotopic (exact) mass is 395 g/mol. The summed E-state index contributed by atoms with van der Waals surface area (Å²) in [5.41, 5.74) is 3.63. The molecule has 1 aromatic carbocycles. The molecule has 0 unspecified atom stereocenters. The summed E-state index contributed by atoms with van der Waals surface area (Å²) in [6.07, 6.45) is 2.37. The highest BCUT2D eigenvalue weighted by molar-refractivity contribution is 5.96. The molecule has 1 aromatic rings. The van der Waals surface area contributed by atoms with Crippen LogP contribution in [0, 0.1) is 5.92 Å². The van der Waals surface area contributed by atoms with E-state index in [4.69, 9.17) is 14.2 Å². The smallest absolute Gasteiger partial charge is 0.314 e. The van der Waals surface area contributed by atoms with Crippen molar-refractivity contribution in [2.24, 2.45) is 5.92 Å². The van der Waals surface area contributed by atoms with E-state index in [9.17, 15) is 9.59 Å². The van der Waals surface area contributed by atoms with Crippen LogP contribution in [0.25, 0.3) is 11.6 Å². The summed E-state index contributed by atoms with van der Waals surface area (Å²) < 4.78 is 15.8. The van der Waals surface area contributed by atoms with Gasteiger partial charge in [-0.05, 0) is 48.3 Å². The number of ether oxygens (including phenoxy) is 3. The van der Waals surface area contributed by atoms with Gasteiger partial charge in [-0.3, -0.25) is 14.5 Å². The van der Waals surface area contributed by atoms with Gasteiger partial charge in [-0.2, -0.15) is 0 Å². The zero-order valence-corrected chi connectivity index (χ0v) is 16.7. The van der Waals surface area contributed by atoms with E-state index in [0.717, 1.165) is 18.8 Å². The number of esters is 2. The molecular formula is C20H26ClNO5. The van der Waals surface area contributed by atoms with Crippen molar-refractivity contribution in [3.05, 3.63) is 29.3 Å². The molecule has 1 fully saturated rings. The minimum Gasteiger partial charge on any atom is -0.497 e. The molecule has 148 valence electrons. The average molecular weight is 396 g/mol. The third kappa shape index (κ3) is 4.82. The Balaban J connectivity index is 0.00000261. The maximum atomic E-state index is 12.3. The number of carbonyl (C=O) groups is 2. The fourth-order valence-electron chi connectivity index (χ4n) is 3.60. The number of piperidine rings is 1. The largest absolute Gasteiger partial charge is 0.497 e. The first-order valence-electron chi connectivity index (χ1n) is 8.97. The second kappa shape index (κ2) is 9.24. The van der Waals surface area contributed by atoms with Crippen LogP contribution < -0.4 is 4.74 Å². The lowest BCUT2D eigenvalue weighted by Crippen LogP contribution is -2.49. The zero-order chi connectivity index (χ0) is 18.7.